The standard InChI is InChI=1S/C22H25F3N8O/c1-31-7-6-17(16(25)12-31)26-22-27-21(34-2)20-15(5-8-32(20)29-22)13-3-4-18-19(9-13)33(30-28-18)14(10-23)11-24/h3-5,8-9,14,16-17H,6-7,10-12H2,1-2H3,(H,26,29)/t16-,17+/m0/s1. The summed E-state index contributed by atoms with van der Waals surface area (Å²) in [5.41, 5.74) is 3.19. The van der Waals surface area contributed by atoms with Crippen LogP contribution in [-0.2, 0) is 0 Å². The summed E-state index contributed by atoms with van der Waals surface area (Å²) in [6.45, 7) is -0.638. The Labute approximate surface area is 193 Å². The maximum atomic E-state index is 14.5. The maximum absolute atomic E-state index is 14.5. The first-order valence-electron chi connectivity index (χ1n) is 11.0. The summed E-state index contributed by atoms with van der Waals surface area (Å²) in [6, 6.07) is 5.80. The average molecular weight is 474 g/mol. The van der Waals surface area contributed by atoms with Crippen molar-refractivity contribution in [2.24, 2.45) is 0 Å². The van der Waals surface area contributed by atoms with Crippen LogP contribution in [0.5, 0.6) is 5.88 Å². The Morgan fingerprint density at radius 3 is 2.79 bits per heavy atom. The van der Waals surface area contributed by atoms with E-state index in [-0.39, 0.29) is 12.0 Å². The SMILES string of the molecule is COc1nc(N[C@@H]2CCN(C)C[C@@H]2F)nn2ccc(-c3ccc4nnn(C(CF)CF)c4c3)c12. The number of piperidine rings is 1. The van der Waals surface area contributed by atoms with Gasteiger partial charge < -0.3 is 15.0 Å². The van der Waals surface area contributed by atoms with Gasteiger partial charge >= 0.3 is 0 Å². The van der Waals surface area contributed by atoms with Crippen molar-refractivity contribution in [3.05, 3.63) is 30.5 Å². The van der Waals surface area contributed by atoms with Crippen LogP contribution in [0.4, 0.5) is 19.1 Å². The van der Waals surface area contributed by atoms with E-state index in [0.717, 1.165) is 17.7 Å². The Hall–Kier alpha value is -3.41. The molecule has 1 fully saturated rings. The molecule has 3 aromatic heterocycles. The molecule has 0 aliphatic carbocycles. The molecule has 4 aromatic rings. The number of fused-ring (bicyclic) bond motifs is 2. The first kappa shape index (κ1) is 22.4. The van der Waals surface area contributed by atoms with Crippen molar-refractivity contribution in [1.29, 1.82) is 0 Å². The molecule has 2 atom stereocenters. The largest absolute Gasteiger partial charge is 0.479 e. The minimum absolute atomic E-state index is 0.273. The second kappa shape index (κ2) is 9.09. The molecule has 1 aliphatic heterocycles. The van der Waals surface area contributed by atoms with Crippen LogP contribution in [0.25, 0.3) is 27.7 Å². The van der Waals surface area contributed by atoms with E-state index in [2.05, 4.69) is 25.7 Å². The van der Waals surface area contributed by atoms with Crippen molar-refractivity contribution in [1.82, 2.24) is 34.5 Å². The molecule has 34 heavy (non-hydrogen) atoms. The predicted octanol–water partition coefficient (Wildman–Crippen LogP) is 3.08. The Kier molecular flexibility index (Phi) is 5.98. The Morgan fingerprint density at radius 1 is 1.24 bits per heavy atom. The fourth-order valence-electron chi connectivity index (χ4n) is 4.36. The topological polar surface area (TPSA) is 85.4 Å². The molecule has 0 unspecified atom stereocenters. The summed E-state index contributed by atoms with van der Waals surface area (Å²) in [5.74, 6) is 0.591. The van der Waals surface area contributed by atoms with E-state index < -0.39 is 25.6 Å². The molecule has 1 aliphatic rings. The summed E-state index contributed by atoms with van der Waals surface area (Å²) >= 11 is 0. The second-order valence-corrected chi connectivity index (χ2v) is 8.48. The molecule has 0 bridgehead atoms. The molecule has 1 saturated heterocycles. The minimum atomic E-state index is -1.04. The zero-order valence-corrected chi connectivity index (χ0v) is 18.8. The van der Waals surface area contributed by atoms with E-state index in [1.807, 2.05) is 24.1 Å². The quantitative estimate of drug-likeness (QED) is 0.441. The van der Waals surface area contributed by atoms with Crippen LogP contribution in [-0.4, -0.2) is 87.3 Å². The van der Waals surface area contributed by atoms with E-state index >= 15 is 0 Å². The number of hydrogen-bond donors (Lipinski definition) is 1. The highest BCUT2D eigenvalue weighted by Gasteiger charge is 2.28. The third-order valence-corrected chi connectivity index (χ3v) is 6.22. The number of nitrogens with zero attached hydrogens (tertiary/aromatic N) is 7. The predicted molar refractivity (Wildman–Crippen MR) is 121 cm³/mol. The minimum Gasteiger partial charge on any atom is -0.479 e. The second-order valence-electron chi connectivity index (χ2n) is 8.48. The zero-order chi connectivity index (χ0) is 23.8. The van der Waals surface area contributed by atoms with Gasteiger partial charge in [0, 0.05) is 24.8 Å². The van der Waals surface area contributed by atoms with Gasteiger partial charge in [0.05, 0.1) is 18.7 Å². The highest BCUT2D eigenvalue weighted by Crippen LogP contribution is 2.33. The number of nitrogens with one attached hydrogen (secondary N) is 1. The average Bonchev–Trinajstić information content (AvgIpc) is 3.45. The summed E-state index contributed by atoms with van der Waals surface area (Å²) in [5, 5.41) is 15.6. The van der Waals surface area contributed by atoms with Gasteiger partial charge in [-0.05, 0) is 37.2 Å². The van der Waals surface area contributed by atoms with Crippen LogP contribution in [0.1, 0.15) is 12.5 Å². The van der Waals surface area contributed by atoms with Crippen LogP contribution in [0.2, 0.25) is 0 Å². The number of methoxy groups -OCH3 is 1. The van der Waals surface area contributed by atoms with Crippen LogP contribution in [0.15, 0.2) is 30.5 Å². The van der Waals surface area contributed by atoms with Gasteiger partial charge in [0.2, 0.25) is 11.8 Å². The van der Waals surface area contributed by atoms with Gasteiger partial charge in [-0.25, -0.2) is 22.4 Å². The molecule has 4 heterocycles. The molecule has 0 spiro atoms. The van der Waals surface area contributed by atoms with Crippen molar-refractivity contribution in [2.45, 2.75) is 24.7 Å². The number of alkyl halides is 3. The highest BCUT2D eigenvalue weighted by molar-refractivity contribution is 5.89. The van der Waals surface area contributed by atoms with Gasteiger partial charge in [-0.1, -0.05) is 11.3 Å². The smallest absolute Gasteiger partial charge is 0.244 e. The van der Waals surface area contributed by atoms with E-state index in [1.165, 1.54) is 11.8 Å². The van der Waals surface area contributed by atoms with Crippen LogP contribution in [0, 0.1) is 0 Å². The van der Waals surface area contributed by atoms with E-state index in [0.29, 0.717) is 35.4 Å². The molecule has 0 saturated carbocycles. The third kappa shape index (κ3) is 3.91. The lowest BCUT2D eigenvalue weighted by molar-refractivity contribution is 0.149. The van der Waals surface area contributed by atoms with Gasteiger partial charge in [-0.3, -0.25) is 0 Å². The molecule has 5 rings (SSSR count). The van der Waals surface area contributed by atoms with Crippen molar-refractivity contribution in [3.8, 4) is 17.0 Å². The van der Waals surface area contributed by atoms with Crippen LogP contribution in [0.3, 0.4) is 0 Å². The number of likely N-dealkylation sites (tertiary alicyclic amines) is 1. The van der Waals surface area contributed by atoms with Crippen molar-refractivity contribution >= 4 is 22.5 Å². The first-order chi connectivity index (χ1) is 16.5. The number of benzene rings is 1. The van der Waals surface area contributed by atoms with Gasteiger partial charge in [0.25, 0.3) is 0 Å². The van der Waals surface area contributed by atoms with Crippen molar-refractivity contribution < 1.29 is 17.9 Å². The molecular weight excluding hydrogens is 449 g/mol. The molecule has 12 heteroatoms. The lowest BCUT2D eigenvalue weighted by Crippen LogP contribution is -2.46. The van der Waals surface area contributed by atoms with Gasteiger partial charge in [-0.2, -0.15) is 4.98 Å². The number of rotatable bonds is 7. The summed E-state index contributed by atoms with van der Waals surface area (Å²) in [6.07, 6.45) is 1.36. The van der Waals surface area contributed by atoms with E-state index in [9.17, 15) is 13.2 Å². The Morgan fingerprint density at radius 2 is 2.06 bits per heavy atom. The van der Waals surface area contributed by atoms with Crippen molar-refractivity contribution in [3.63, 3.8) is 0 Å². The number of halogens is 3. The monoisotopic (exact) mass is 474 g/mol. The van der Waals surface area contributed by atoms with Crippen molar-refractivity contribution in [2.75, 3.05) is 45.9 Å². The van der Waals surface area contributed by atoms with Crippen LogP contribution < -0.4 is 10.1 Å². The highest BCUT2D eigenvalue weighted by atomic mass is 19.1. The number of hydrogen-bond acceptors (Lipinski definition) is 7. The molecule has 1 aromatic carbocycles. The Bertz CT molecular complexity index is 1300. The van der Waals surface area contributed by atoms with Gasteiger partial charge in [0.1, 0.15) is 36.6 Å². The van der Waals surface area contributed by atoms with Crippen LogP contribution >= 0.6 is 0 Å². The fraction of sp³-hybridized carbons (Fsp3) is 0.455. The van der Waals surface area contributed by atoms with E-state index in [4.69, 9.17) is 4.74 Å². The summed E-state index contributed by atoms with van der Waals surface area (Å²) < 4.78 is 49.5. The number of aromatic nitrogens is 6. The number of ether oxygens (including phenoxy) is 1. The molecule has 9 nitrogen and oxygen atoms in total. The zero-order valence-electron chi connectivity index (χ0n) is 18.8. The fourth-order valence-corrected chi connectivity index (χ4v) is 4.36. The molecule has 0 amide bonds. The molecule has 180 valence electrons. The normalized spacial score (nSPS) is 19.4. The molecule has 1 N–H and O–H groups in total. The van der Waals surface area contributed by atoms with E-state index in [1.54, 1.807) is 22.8 Å². The molecular formula is C22H25F3N8O. The summed E-state index contributed by atoms with van der Waals surface area (Å²) in [4.78, 5) is 6.43. The molecule has 0 radical (unpaired) electrons. The van der Waals surface area contributed by atoms with Gasteiger partial charge in [0.15, 0.2) is 0 Å². The Balaban J connectivity index is 1.52. The lowest BCUT2D eigenvalue weighted by atomic mass is 10.0. The maximum Gasteiger partial charge on any atom is 0.244 e. The van der Waals surface area contributed by atoms with Gasteiger partial charge in [-0.15, -0.1) is 10.2 Å². The first-order valence-corrected chi connectivity index (χ1v) is 11.0. The third-order valence-electron chi connectivity index (χ3n) is 6.22. The lowest BCUT2D eigenvalue weighted by Gasteiger charge is -2.32. The number of anilines is 1. The summed E-state index contributed by atoms with van der Waals surface area (Å²) in [7, 11) is 3.40.